The highest BCUT2D eigenvalue weighted by Crippen LogP contribution is 2.24. The minimum atomic E-state index is -4.71. The maximum Gasteiger partial charge on any atom is 0.573 e. The van der Waals surface area contributed by atoms with E-state index in [4.69, 9.17) is 11.6 Å². The molecule has 3 rings (SSSR count). The second kappa shape index (κ2) is 8.92. The van der Waals surface area contributed by atoms with Gasteiger partial charge in [0.2, 0.25) is 0 Å². The van der Waals surface area contributed by atoms with Crippen molar-refractivity contribution in [3.05, 3.63) is 59.3 Å². The predicted molar refractivity (Wildman–Crippen MR) is 101 cm³/mol. The minimum absolute atomic E-state index is 0. The molecule has 2 aromatic heterocycles. The minimum Gasteiger partial charge on any atom is -0.406 e. The third kappa shape index (κ3) is 5.59. The van der Waals surface area contributed by atoms with Crippen molar-refractivity contribution in [2.24, 2.45) is 0 Å². The number of hydrogen-bond donors (Lipinski definition) is 1. The first-order chi connectivity index (χ1) is 12.8. The highest BCUT2D eigenvalue weighted by molar-refractivity contribution is 6.33. The van der Waals surface area contributed by atoms with Gasteiger partial charge in [0.05, 0.1) is 17.6 Å². The lowest BCUT2D eigenvalue weighted by atomic mass is 10.2. The molecular weight excluding hydrogens is 395 g/mol. The molecule has 6 nitrogen and oxygen atoms in total. The SMILES string of the molecule is C.Cc1ncnc(NCCc2cnn(-c3ccc(OC(F)(F)F)cc3)c2)c1Cl. The Labute approximate surface area is 165 Å². The Morgan fingerprint density at radius 2 is 1.89 bits per heavy atom. The van der Waals surface area contributed by atoms with Gasteiger partial charge in [-0.25, -0.2) is 14.6 Å². The zero-order valence-electron chi connectivity index (χ0n) is 14.2. The van der Waals surface area contributed by atoms with Gasteiger partial charge in [-0.15, -0.1) is 13.2 Å². The lowest BCUT2D eigenvalue weighted by Gasteiger charge is -2.09. The molecule has 0 atom stereocenters. The van der Waals surface area contributed by atoms with Gasteiger partial charge in [-0.1, -0.05) is 19.0 Å². The Morgan fingerprint density at radius 3 is 2.57 bits per heavy atom. The summed E-state index contributed by atoms with van der Waals surface area (Å²) in [4.78, 5) is 8.09. The van der Waals surface area contributed by atoms with Crippen molar-refractivity contribution in [2.45, 2.75) is 27.1 Å². The summed E-state index contributed by atoms with van der Waals surface area (Å²) in [6.45, 7) is 2.38. The molecule has 0 aliphatic rings. The van der Waals surface area contributed by atoms with Crippen LogP contribution in [0.4, 0.5) is 19.0 Å². The maximum atomic E-state index is 12.2. The lowest BCUT2D eigenvalue weighted by Crippen LogP contribution is -2.17. The summed E-state index contributed by atoms with van der Waals surface area (Å²) in [5.74, 6) is 0.289. The number of benzene rings is 1. The quantitative estimate of drug-likeness (QED) is 0.628. The van der Waals surface area contributed by atoms with Gasteiger partial charge >= 0.3 is 6.36 Å². The van der Waals surface area contributed by atoms with E-state index >= 15 is 0 Å². The summed E-state index contributed by atoms with van der Waals surface area (Å²) >= 11 is 6.13. The van der Waals surface area contributed by atoms with Crippen LogP contribution in [-0.2, 0) is 6.42 Å². The number of anilines is 1. The molecule has 0 spiro atoms. The molecule has 0 bridgehead atoms. The molecule has 10 heteroatoms. The fourth-order valence-electron chi connectivity index (χ4n) is 2.34. The third-order valence-electron chi connectivity index (χ3n) is 3.64. The Morgan fingerprint density at radius 1 is 1.18 bits per heavy atom. The monoisotopic (exact) mass is 413 g/mol. The summed E-state index contributed by atoms with van der Waals surface area (Å²) in [5, 5.41) is 7.84. The van der Waals surface area contributed by atoms with Crippen LogP contribution in [0, 0.1) is 6.92 Å². The number of aromatic nitrogens is 4. The van der Waals surface area contributed by atoms with E-state index in [2.05, 4.69) is 25.1 Å². The largest absolute Gasteiger partial charge is 0.573 e. The predicted octanol–water partition coefficient (Wildman–Crippen LogP) is 4.81. The molecule has 0 aliphatic carbocycles. The van der Waals surface area contributed by atoms with Crippen LogP contribution in [0.1, 0.15) is 18.7 Å². The molecule has 1 N–H and O–H groups in total. The highest BCUT2D eigenvalue weighted by atomic mass is 35.5. The van der Waals surface area contributed by atoms with Crippen LogP contribution >= 0.6 is 11.6 Å². The number of halogens is 4. The molecule has 0 amide bonds. The fourth-order valence-corrected chi connectivity index (χ4v) is 2.50. The molecule has 0 aliphatic heterocycles. The average molecular weight is 414 g/mol. The number of nitrogens with zero attached hydrogens (tertiary/aromatic N) is 4. The van der Waals surface area contributed by atoms with Gasteiger partial charge in [0.1, 0.15) is 22.9 Å². The van der Waals surface area contributed by atoms with Gasteiger partial charge in [0.15, 0.2) is 0 Å². The van der Waals surface area contributed by atoms with Crippen LogP contribution in [0.2, 0.25) is 5.02 Å². The zero-order chi connectivity index (χ0) is 19.4. The molecule has 0 unspecified atom stereocenters. The first-order valence-corrected chi connectivity index (χ1v) is 8.30. The van der Waals surface area contributed by atoms with Crippen LogP contribution < -0.4 is 10.1 Å². The molecule has 1 aromatic carbocycles. The Bertz CT molecular complexity index is 912. The van der Waals surface area contributed by atoms with Crippen LogP contribution in [-0.4, -0.2) is 32.7 Å². The maximum absolute atomic E-state index is 12.2. The molecule has 28 heavy (non-hydrogen) atoms. The highest BCUT2D eigenvalue weighted by Gasteiger charge is 2.30. The summed E-state index contributed by atoms with van der Waals surface area (Å²) in [5.41, 5.74) is 2.26. The summed E-state index contributed by atoms with van der Waals surface area (Å²) in [7, 11) is 0. The Kier molecular flexibility index (Phi) is 6.85. The number of aryl methyl sites for hydroxylation is 1. The molecule has 0 radical (unpaired) electrons. The van der Waals surface area contributed by atoms with Gasteiger partial charge in [-0.2, -0.15) is 5.10 Å². The number of nitrogens with one attached hydrogen (secondary N) is 1. The standard InChI is InChI=1S/C17H15ClF3N5O.CH4/c1-11-15(18)16(24-10-23-11)22-7-6-12-8-25-26(9-12)13-2-4-14(5-3-13)27-17(19,20)21;/h2-5,8-10H,6-7H2,1H3,(H,22,23,24);1H4. The van der Waals surface area contributed by atoms with E-state index in [0.29, 0.717) is 35.2 Å². The normalized spacial score (nSPS) is 11.0. The van der Waals surface area contributed by atoms with Gasteiger partial charge in [0, 0.05) is 12.7 Å². The summed E-state index contributed by atoms with van der Waals surface area (Å²) in [6, 6.07) is 5.48. The van der Waals surface area contributed by atoms with Gasteiger partial charge in [-0.3, -0.25) is 0 Å². The van der Waals surface area contributed by atoms with Crippen molar-refractivity contribution < 1.29 is 17.9 Å². The van der Waals surface area contributed by atoms with Crippen molar-refractivity contribution in [2.75, 3.05) is 11.9 Å². The topological polar surface area (TPSA) is 64.9 Å². The zero-order valence-corrected chi connectivity index (χ0v) is 14.9. The van der Waals surface area contributed by atoms with E-state index in [1.807, 2.05) is 0 Å². The van der Waals surface area contributed by atoms with Gasteiger partial charge in [0.25, 0.3) is 0 Å². The van der Waals surface area contributed by atoms with Crippen molar-refractivity contribution >= 4 is 17.4 Å². The van der Waals surface area contributed by atoms with Crippen LogP contribution in [0.15, 0.2) is 43.0 Å². The molecule has 0 saturated carbocycles. The van der Waals surface area contributed by atoms with Crippen molar-refractivity contribution in [1.82, 2.24) is 19.7 Å². The molecule has 150 valence electrons. The van der Waals surface area contributed by atoms with E-state index in [1.54, 1.807) is 24.0 Å². The van der Waals surface area contributed by atoms with Gasteiger partial charge < -0.3 is 10.1 Å². The second-order valence-electron chi connectivity index (χ2n) is 5.63. The molecule has 3 aromatic rings. The van der Waals surface area contributed by atoms with Gasteiger partial charge in [-0.05, 0) is 43.2 Å². The van der Waals surface area contributed by atoms with E-state index < -0.39 is 6.36 Å². The first-order valence-electron chi connectivity index (χ1n) is 7.92. The molecule has 0 saturated heterocycles. The summed E-state index contributed by atoms with van der Waals surface area (Å²) in [6.07, 6.45) is 0.879. The van der Waals surface area contributed by atoms with Crippen LogP contribution in [0.5, 0.6) is 5.75 Å². The van der Waals surface area contributed by atoms with Crippen LogP contribution in [0.25, 0.3) is 5.69 Å². The number of alkyl halides is 3. The van der Waals surface area contributed by atoms with Crippen molar-refractivity contribution in [3.8, 4) is 11.4 Å². The van der Waals surface area contributed by atoms with E-state index in [9.17, 15) is 13.2 Å². The van der Waals surface area contributed by atoms with E-state index in [0.717, 1.165) is 5.56 Å². The fraction of sp³-hybridized carbons (Fsp3) is 0.278. The van der Waals surface area contributed by atoms with Crippen molar-refractivity contribution in [3.63, 3.8) is 0 Å². The molecule has 2 heterocycles. The van der Waals surface area contributed by atoms with Crippen LogP contribution in [0.3, 0.4) is 0 Å². The smallest absolute Gasteiger partial charge is 0.406 e. The molecule has 0 fully saturated rings. The van der Waals surface area contributed by atoms with E-state index in [-0.39, 0.29) is 13.2 Å². The number of ether oxygens (including phenoxy) is 1. The third-order valence-corrected chi connectivity index (χ3v) is 4.09. The summed E-state index contributed by atoms with van der Waals surface area (Å²) < 4.78 is 42.0. The number of hydrogen-bond acceptors (Lipinski definition) is 5. The van der Waals surface area contributed by atoms with E-state index in [1.165, 1.54) is 30.6 Å². The average Bonchev–Trinajstić information content (AvgIpc) is 3.07. The lowest BCUT2D eigenvalue weighted by molar-refractivity contribution is -0.274. The van der Waals surface area contributed by atoms with Crippen molar-refractivity contribution in [1.29, 1.82) is 0 Å². The molecular formula is C18H19ClF3N5O. The number of rotatable bonds is 6. The second-order valence-corrected chi connectivity index (χ2v) is 6.01. The Hall–Kier alpha value is -2.81. The first kappa shape index (κ1) is 21.5. The Balaban J connectivity index is 0.00000280.